The van der Waals surface area contributed by atoms with Crippen molar-refractivity contribution in [2.75, 3.05) is 6.26 Å². The quantitative estimate of drug-likeness (QED) is 0.0992. The van der Waals surface area contributed by atoms with Gasteiger partial charge in [-0.2, -0.15) is 10.5 Å². The number of benzene rings is 2. The molecular weight excluding hydrogens is 531 g/mol. The van der Waals surface area contributed by atoms with Crippen molar-refractivity contribution in [1.82, 2.24) is 0 Å². The first kappa shape index (κ1) is 24.9. The van der Waals surface area contributed by atoms with Crippen molar-refractivity contribution in [3.63, 3.8) is 0 Å². The molecule has 0 bridgehead atoms. The average Bonchev–Trinajstić information content (AvgIpc) is 2.69. The van der Waals surface area contributed by atoms with Crippen LogP contribution in [0.1, 0.15) is 11.1 Å². The van der Waals surface area contributed by atoms with E-state index in [9.17, 15) is 30.4 Å². The van der Waals surface area contributed by atoms with E-state index in [1.54, 1.807) is 6.26 Å². The summed E-state index contributed by atoms with van der Waals surface area (Å²) in [5.74, 6) is -0.363. The minimum absolute atomic E-state index is 0. The summed E-state index contributed by atoms with van der Waals surface area (Å²) in [4.78, 5) is 20.4. The van der Waals surface area contributed by atoms with Crippen molar-refractivity contribution in [1.29, 1.82) is 0 Å². The molecule has 0 amide bonds. The van der Waals surface area contributed by atoms with Crippen molar-refractivity contribution in [2.45, 2.75) is 0 Å². The number of hydrogen-bond donors (Lipinski definition) is 3. The van der Waals surface area contributed by atoms with E-state index in [1.165, 1.54) is 47.7 Å². The molecule has 158 valence electrons. The first-order chi connectivity index (χ1) is 13.8. The van der Waals surface area contributed by atoms with Crippen LogP contribution in [0.25, 0.3) is 0 Å². The third kappa shape index (κ3) is 7.05. The Bertz CT molecular complexity index is 1030. The van der Waals surface area contributed by atoms with Gasteiger partial charge < -0.3 is 34.2 Å². The van der Waals surface area contributed by atoms with Crippen LogP contribution in [0.5, 0.6) is 11.5 Å². The molecule has 0 unspecified atom stereocenters. The molecular formula is C16H15IN6O6S. The number of thioether (sulfide) groups is 1. The zero-order valence-corrected chi connectivity index (χ0v) is 18.2. The molecule has 14 heteroatoms. The highest BCUT2D eigenvalue weighted by Gasteiger charge is 2.10. The molecule has 2 aromatic rings. The van der Waals surface area contributed by atoms with Gasteiger partial charge in [-0.05, 0) is 30.2 Å². The molecule has 0 radical (unpaired) electrons. The van der Waals surface area contributed by atoms with Gasteiger partial charge in [0.15, 0.2) is 0 Å². The first-order valence-electron chi connectivity index (χ1n) is 7.78. The molecule has 0 aliphatic carbocycles. The fraction of sp³-hybridized carbons (Fsp3) is 0.0625. The zero-order valence-electron chi connectivity index (χ0n) is 15.2. The number of quaternary nitrogens is 1. The number of rotatable bonds is 6. The topological polar surface area (TPSA) is 180 Å². The summed E-state index contributed by atoms with van der Waals surface area (Å²) in [6.07, 6.45) is 4.09. The van der Waals surface area contributed by atoms with Crippen LogP contribution in [-0.4, -0.2) is 43.9 Å². The lowest BCUT2D eigenvalue weighted by Crippen LogP contribution is -3.00. The number of nitro benzene ring substituents is 2. The van der Waals surface area contributed by atoms with Crippen LogP contribution in [-0.2, 0) is 0 Å². The van der Waals surface area contributed by atoms with E-state index >= 15 is 0 Å². The summed E-state index contributed by atoms with van der Waals surface area (Å²) in [7, 11) is 0. The fourth-order valence-electron chi connectivity index (χ4n) is 1.97. The Kier molecular flexibility index (Phi) is 9.79. The molecule has 2 rings (SSSR count). The van der Waals surface area contributed by atoms with Crippen LogP contribution in [0.3, 0.4) is 0 Å². The second-order valence-electron chi connectivity index (χ2n) is 5.29. The van der Waals surface area contributed by atoms with E-state index in [0.29, 0.717) is 5.17 Å². The summed E-state index contributed by atoms with van der Waals surface area (Å²) in [6.45, 7) is 0. The predicted molar refractivity (Wildman–Crippen MR) is 108 cm³/mol. The standard InChI is InChI=1S/C16H14N6O6S.HI/c1-29-16(19-17-8-10-6-12(21(25)26)2-4-14(10)23)20-18-9-11-7-13(22(27)28)3-5-15(11)24;/h2-9,23-24H,1H3,(H,19,20);1H. The number of nitrogens with two attached hydrogens (primary N) is 1. The van der Waals surface area contributed by atoms with Gasteiger partial charge in [-0.25, -0.2) is 0 Å². The van der Waals surface area contributed by atoms with Crippen LogP contribution in [0.2, 0.25) is 0 Å². The highest BCUT2D eigenvalue weighted by atomic mass is 127. The Morgan fingerprint density at radius 2 is 1.50 bits per heavy atom. The molecule has 0 heterocycles. The van der Waals surface area contributed by atoms with Gasteiger partial charge >= 0.3 is 5.17 Å². The van der Waals surface area contributed by atoms with Gasteiger partial charge in [-0.1, -0.05) is 10.2 Å². The smallest absolute Gasteiger partial charge is 0.305 e. The van der Waals surface area contributed by atoms with Crippen molar-refractivity contribution < 1.29 is 49.5 Å². The molecule has 0 saturated heterocycles. The summed E-state index contributed by atoms with van der Waals surface area (Å²) in [5, 5.41) is 53.0. The number of hydrogen-bond acceptors (Lipinski definition) is 10. The van der Waals surface area contributed by atoms with E-state index in [2.05, 4.69) is 15.3 Å². The summed E-state index contributed by atoms with van der Waals surface area (Å²) in [6, 6.07) is 7.03. The van der Waals surface area contributed by atoms with E-state index < -0.39 is 9.85 Å². The molecule has 0 aromatic heterocycles. The Labute approximate surface area is 190 Å². The van der Waals surface area contributed by atoms with Crippen LogP contribution >= 0.6 is 11.8 Å². The lowest BCUT2D eigenvalue weighted by Gasteiger charge is -1.98. The normalized spacial score (nSPS) is 11.6. The van der Waals surface area contributed by atoms with Crippen LogP contribution < -0.4 is 29.4 Å². The first-order valence-corrected chi connectivity index (χ1v) is 9.00. The number of nitro groups is 2. The maximum absolute atomic E-state index is 10.8. The lowest BCUT2D eigenvalue weighted by molar-refractivity contribution is -0.539. The van der Waals surface area contributed by atoms with Crippen LogP contribution in [0.15, 0.2) is 51.7 Å². The maximum atomic E-state index is 10.8. The van der Waals surface area contributed by atoms with E-state index in [0.717, 1.165) is 18.3 Å². The maximum Gasteiger partial charge on any atom is 0.305 e. The SMILES string of the molecule is CS/C(=N/N=Cc1cc([N+](=O)[O-])ccc1O)[NH2+]N=Cc1cc([N+](=O)[O-])ccc1O.[I-]. The number of nitrogens with zero attached hydrogens (tertiary/aromatic N) is 5. The van der Waals surface area contributed by atoms with Gasteiger partial charge in [0, 0.05) is 35.4 Å². The number of non-ortho nitro benzene ring substituents is 2. The van der Waals surface area contributed by atoms with E-state index in [4.69, 9.17) is 0 Å². The molecule has 12 nitrogen and oxygen atoms in total. The minimum atomic E-state index is -0.598. The van der Waals surface area contributed by atoms with Gasteiger partial charge in [0.1, 0.15) is 11.5 Å². The molecule has 4 N–H and O–H groups in total. The van der Waals surface area contributed by atoms with Gasteiger partial charge in [-0.15, -0.1) is 0 Å². The van der Waals surface area contributed by atoms with Gasteiger partial charge in [0.05, 0.1) is 22.3 Å². The molecule has 0 saturated carbocycles. The molecule has 2 aromatic carbocycles. The van der Waals surface area contributed by atoms with Gasteiger partial charge in [0.2, 0.25) is 0 Å². The summed E-state index contributed by atoms with van der Waals surface area (Å²) >= 11 is 1.19. The fourth-order valence-corrected chi connectivity index (χ4v) is 2.26. The number of amidine groups is 1. The molecule has 30 heavy (non-hydrogen) atoms. The third-order valence-corrected chi connectivity index (χ3v) is 4.01. The van der Waals surface area contributed by atoms with E-state index in [-0.39, 0.29) is 58.0 Å². The zero-order chi connectivity index (χ0) is 21.4. The van der Waals surface area contributed by atoms with Crippen molar-refractivity contribution >= 4 is 40.7 Å². The second-order valence-corrected chi connectivity index (χ2v) is 6.12. The average molecular weight is 546 g/mol. The Morgan fingerprint density at radius 3 is 1.97 bits per heavy atom. The van der Waals surface area contributed by atoms with Gasteiger partial charge in [0.25, 0.3) is 11.4 Å². The predicted octanol–water partition coefficient (Wildman–Crippen LogP) is -1.43. The van der Waals surface area contributed by atoms with Crippen molar-refractivity contribution in [2.24, 2.45) is 15.3 Å². The van der Waals surface area contributed by atoms with Gasteiger partial charge in [-0.3, -0.25) is 20.2 Å². The van der Waals surface area contributed by atoms with Crippen LogP contribution in [0, 0.1) is 20.2 Å². The van der Waals surface area contributed by atoms with Crippen molar-refractivity contribution in [3.05, 3.63) is 67.8 Å². The lowest BCUT2D eigenvalue weighted by atomic mass is 10.2. The van der Waals surface area contributed by atoms with Crippen LogP contribution in [0.4, 0.5) is 11.4 Å². The largest absolute Gasteiger partial charge is 1.00 e. The Balaban J connectivity index is 0.00000450. The Morgan fingerprint density at radius 1 is 1.00 bits per heavy atom. The number of halogens is 1. The molecule has 0 aliphatic rings. The summed E-state index contributed by atoms with van der Waals surface area (Å²) < 4.78 is 0. The molecule has 0 fully saturated rings. The second kappa shape index (κ2) is 11.8. The number of phenols is 2. The van der Waals surface area contributed by atoms with E-state index in [1.807, 2.05) is 0 Å². The molecule has 0 aliphatic heterocycles. The highest BCUT2D eigenvalue weighted by Crippen LogP contribution is 2.22. The highest BCUT2D eigenvalue weighted by molar-refractivity contribution is 8.12. The molecule has 0 atom stereocenters. The molecule has 0 spiro atoms. The monoisotopic (exact) mass is 546 g/mol. The van der Waals surface area contributed by atoms with Crippen molar-refractivity contribution in [3.8, 4) is 11.5 Å². The Hall–Kier alpha value is -3.11. The third-order valence-electron chi connectivity index (χ3n) is 3.40. The summed E-state index contributed by atoms with van der Waals surface area (Å²) in [5.41, 5.74) is 1.19. The number of phenolic OH excluding ortho intramolecular Hbond substituents is 2. The number of aromatic hydroxyl groups is 2. The minimum Gasteiger partial charge on any atom is -1.00 e.